The molecule has 1 aromatic carbocycles. The Bertz CT molecular complexity index is 406. The summed E-state index contributed by atoms with van der Waals surface area (Å²) in [6.45, 7) is 4.60. The van der Waals surface area contributed by atoms with Gasteiger partial charge in [-0.2, -0.15) is 0 Å². The second kappa shape index (κ2) is 6.75. The largest absolute Gasteiger partial charge is 0.493 e. The minimum Gasteiger partial charge on any atom is -0.493 e. The Kier molecular flexibility index (Phi) is 5.01. The van der Waals surface area contributed by atoms with Gasteiger partial charge in [-0.05, 0) is 18.2 Å². The van der Waals surface area contributed by atoms with Crippen molar-refractivity contribution in [3.63, 3.8) is 0 Å². The van der Waals surface area contributed by atoms with Crippen LogP contribution in [0.2, 0.25) is 0 Å². The van der Waals surface area contributed by atoms with Gasteiger partial charge in [0.2, 0.25) is 0 Å². The average molecular weight is 268 g/mol. The van der Waals surface area contributed by atoms with Crippen LogP contribution in [0.25, 0.3) is 0 Å². The van der Waals surface area contributed by atoms with Crippen LogP contribution in [0, 0.1) is 0 Å². The molecule has 5 heteroatoms. The molecular formula is C14H24N2O3+2. The van der Waals surface area contributed by atoms with Crippen LogP contribution < -0.4 is 20.1 Å². The van der Waals surface area contributed by atoms with Crippen molar-refractivity contribution in [2.24, 2.45) is 0 Å². The zero-order chi connectivity index (χ0) is 13.7. The highest BCUT2D eigenvalue weighted by Crippen LogP contribution is 2.29. The molecule has 1 aromatic rings. The molecule has 106 valence electrons. The van der Waals surface area contributed by atoms with Gasteiger partial charge in [-0.25, -0.2) is 0 Å². The van der Waals surface area contributed by atoms with Crippen molar-refractivity contribution >= 4 is 0 Å². The van der Waals surface area contributed by atoms with Crippen LogP contribution in [0.1, 0.15) is 11.6 Å². The van der Waals surface area contributed by atoms with E-state index in [9.17, 15) is 0 Å². The molecule has 0 aliphatic carbocycles. The highest BCUT2D eigenvalue weighted by molar-refractivity contribution is 5.43. The number of ether oxygens (including phenoxy) is 3. The monoisotopic (exact) mass is 268 g/mol. The third-order valence-electron chi connectivity index (χ3n) is 3.73. The SMILES string of the molecule is COc1ccc([C@H](C[NH3+])[NH+]2CCOCC2)cc1OC. The molecule has 0 unspecified atom stereocenters. The first kappa shape index (κ1) is 14.1. The minimum atomic E-state index is 0.392. The smallest absolute Gasteiger partial charge is 0.163 e. The third-order valence-corrected chi connectivity index (χ3v) is 3.73. The maximum atomic E-state index is 5.43. The van der Waals surface area contributed by atoms with E-state index in [2.05, 4.69) is 17.9 Å². The fourth-order valence-corrected chi connectivity index (χ4v) is 2.66. The highest BCUT2D eigenvalue weighted by atomic mass is 16.5. The molecule has 1 saturated heterocycles. The zero-order valence-corrected chi connectivity index (χ0v) is 11.8. The first-order chi connectivity index (χ1) is 9.30. The van der Waals surface area contributed by atoms with E-state index in [0.717, 1.165) is 44.3 Å². The molecule has 0 bridgehead atoms. The van der Waals surface area contributed by atoms with E-state index in [1.165, 1.54) is 10.5 Å². The van der Waals surface area contributed by atoms with Crippen molar-refractivity contribution in [3.8, 4) is 11.5 Å². The van der Waals surface area contributed by atoms with Gasteiger partial charge in [0.25, 0.3) is 0 Å². The maximum Gasteiger partial charge on any atom is 0.163 e. The van der Waals surface area contributed by atoms with Crippen LogP contribution in [-0.2, 0) is 4.74 Å². The van der Waals surface area contributed by atoms with E-state index < -0.39 is 0 Å². The molecule has 0 radical (unpaired) electrons. The number of nitrogens with one attached hydrogen (secondary N) is 1. The second-order valence-corrected chi connectivity index (χ2v) is 4.73. The van der Waals surface area contributed by atoms with Gasteiger partial charge in [-0.1, -0.05) is 0 Å². The van der Waals surface area contributed by atoms with Crippen molar-refractivity contribution in [1.82, 2.24) is 0 Å². The molecule has 1 aliphatic heterocycles. The molecular weight excluding hydrogens is 244 g/mol. The Morgan fingerprint density at radius 3 is 2.47 bits per heavy atom. The number of hydrogen-bond donors (Lipinski definition) is 2. The minimum absolute atomic E-state index is 0.392. The van der Waals surface area contributed by atoms with Gasteiger partial charge in [0, 0.05) is 5.56 Å². The first-order valence-electron chi connectivity index (χ1n) is 6.73. The summed E-state index contributed by atoms with van der Waals surface area (Å²) in [5.74, 6) is 1.55. The van der Waals surface area contributed by atoms with Gasteiger partial charge in [0.15, 0.2) is 17.5 Å². The normalized spacial score (nSPS) is 18.1. The standard InChI is InChI=1S/C14H22N2O3/c1-17-13-4-3-11(9-14(13)18-2)12(10-15)16-5-7-19-8-6-16/h3-4,9,12H,5-8,10,15H2,1-2H3/p+2/t12-/m0/s1. The number of rotatable bonds is 5. The second-order valence-electron chi connectivity index (χ2n) is 4.73. The molecule has 0 amide bonds. The number of methoxy groups -OCH3 is 2. The Labute approximate surface area is 114 Å². The molecule has 1 fully saturated rings. The molecule has 5 nitrogen and oxygen atoms in total. The fraction of sp³-hybridized carbons (Fsp3) is 0.571. The lowest BCUT2D eigenvalue weighted by molar-refractivity contribution is -0.944. The van der Waals surface area contributed by atoms with Gasteiger partial charge < -0.3 is 24.8 Å². The number of hydrogen-bond acceptors (Lipinski definition) is 3. The number of benzene rings is 1. The molecule has 4 N–H and O–H groups in total. The van der Waals surface area contributed by atoms with Crippen molar-refractivity contribution in [2.45, 2.75) is 6.04 Å². The van der Waals surface area contributed by atoms with E-state index in [4.69, 9.17) is 14.2 Å². The lowest BCUT2D eigenvalue weighted by Gasteiger charge is -2.30. The van der Waals surface area contributed by atoms with Crippen LogP contribution >= 0.6 is 0 Å². The summed E-state index contributed by atoms with van der Waals surface area (Å²) in [4.78, 5) is 1.54. The van der Waals surface area contributed by atoms with Crippen molar-refractivity contribution in [1.29, 1.82) is 0 Å². The van der Waals surface area contributed by atoms with Gasteiger partial charge in [0.05, 0.1) is 27.4 Å². The highest BCUT2D eigenvalue weighted by Gasteiger charge is 2.27. The lowest BCUT2D eigenvalue weighted by atomic mass is 10.0. The molecule has 1 aliphatic rings. The first-order valence-corrected chi connectivity index (χ1v) is 6.73. The van der Waals surface area contributed by atoms with Crippen LogP contribution in [-0.4, -0.2) is 47.1 Å². The van der Waals surface area contributed by atoms with Crippen molar-refractivity contribution in [3.05, 3.63) is 23.8 Å². The Hall–Kier alpha value is -1.30. The van der Waals surface area contributed by atoms with Gasteiger partial charge in [-0.3, -0.25) is 0 Å². The maximum absolute atomic E-state index is 5.43. The third kappa shape index (κ3) is 3.18. The number of quaternary nitrogens is 2. The van der Waals surface area contributed by atoms with Crippen LogP contribution in [0.4, 0.5) is 0 Å². The van der Waals surface area contributed by atoms with Crippen LogP contribution in [0.15, 0.2) is 18.2 Å². The lowest BCUT2D eigenvalue weighted by Crippen LogP contribution is -3.15. The summed E-state index contributed by atoms with van der Waals surface area (Å²) >= 11 is 0. The van der Waals surface area contributed by atoms with Crippen molar-refractivity contribution < 1.29 is 24.8 Å². The van der Waals surface area contributed by atoms with Crippen LogP contribution in [0.5, 0.6) is 11.5 Å². The zero-order valence-electron chi connectivity index (χ0n) is 11.8. The van der Waals surface area contributed by atoms with Crippen molar-refractivity contribution in [2.75, 3.05) is 47.1 Å². The summed E-state index contributed by atoms with van der Waals surface area (Å²) in [7, 11) is 3.33. The summed E-state index contributed by atoms with van der Waals surface area (Å²) in [5, 5.41) is 0. The molecule has 0 aromatic heterocycles. The predicted octanol–water partition coefficient (Wildman–Crippen LogP) is -1.10. The summed E-state index contributed by atoms with van der Waals surface area (Å²) in [5.41, 5.74) is 5.36. The summed E-state index contributed by atoms with van der Waals surface area (Å²) in [6.07, 6.45) is 0. The number of morpholine rings is 1. The fourth-order valence-electron chi connectivity index (χ4n) is 2.66. The van der Waals surface area contributed by atoms with Gasteiger partial charge >= 0.3 is 0 Å². The predicted molar refractivity (Wildman–Crippen MR) is 71.6 cm³/mol. The Balaban J connectivity index is 2.22. The molecule has 2 rings (SSSR count). The quantitative estimate of drug-likeness (QED) is 0.713. The average Bonchev–Trinajstić information content (AvgIpc) is 2.49. The molecule has 1 atom stereocenters. The van der Waals surface area contributed by atoms with E-state index in [0.29, 0.717) is 6.04 Å². The van der Waals surface area contributed by atoms with E-state index in [1.807, 2.05) is 6.07 Å². The molecule has 0 saturated carbocycles. The summed E-state index contributed by atoms with van der Waals surface area (Å²) in [6, 6.07) is 6.54. The van der Waals surface area contributed by atoms with Crippen LogP contribution in [0.3, 0.4) is 0 Å². The van der Waals surface area contributed by atoms with E-state index in [1.54, 1.807) is 14.2 Å². The summed E-state index contributed by atoms with van der Waals surface area (Å²) < 4.78 is 16.1. The Morgan fingerprint density at radius 1 is 1.21 bits per heavy atom. The van der Waals surface area contributed by atoms with E-state index in [-0.39, 0.29) is 0 Å². The van der Waals surface area contributed by atoms with E-state index >= 15 is 0 Å². The molecule has 0 spiro atoms. The molecule has 19 heavy (non-hydrogen) atoms. The topological polar surface area (TPSA) is 59.8 Å². The molecule has 1 heterocycles. The van der Waals surface area contributed by atoms with Gasteiger partial charge in [0.1, 0.15) is 19.6 Å². The van der Waals surface area contributed by atoms with Gasteiger partial charge in [-0.15, -0.1) is 0 Å². The Morgan fingerprint density at radius 2 is 1.89 bits per heavy atom.